The fourth-order valence-electron chi connectivity index (χ4n) is 4.10. The van der Waals surface area contributed by atoms with Gasteiger partial charge in [0.2, 0.25) is 5.91 Å². The van der Waals surface area contributed by atoms with Gasteiger partial charge in [0.05, 0.1) is 16.6 Å². The molecule has 6 heteroatoms. The van der Waals surface area contributed by atoms with Crippen molar-refractivity contribution in [2.75, 3.05) is 19.7 Å². The lowest BCUT2D eigenvalue weighted by Gasteiger charge is -2.26. The summed E-state index contributed by atoms with van der Waals surface area (Å²) in [6.45, 7) is 2.46. The van der Waals surface area contributed by atoms with Crippen molar-refractivity contribution in [1.29, 1.82) is 0 Å². The van der Waals surface area contributed by atoms with Gasteiger partial charge in [-0.1, -0.05) is 0 Å². The number of benzene rings is 1. The second-order valence-electron chi connectivity index (χ2n) is 7.21. The Morgan fingerprint density at radius 3 is 3.00 bits per heavy atom. The van der Waals surface area contributed by atoms with E-state index in [2.05, 4.69) is 9.97 Å². The zero-order valence-electron chi connectivity index (χ0n) is 14.4. The van der Waals surface area contributed by atoms with Gasteiger partial charge >= 0.3 is 0 Å². The predicted molar refractivity (Wildman–Crippen MR) is 92.7 cm³/mol. The summed E-state index contributed by atoms with van der Waals surface area (Å²) >= 11 is 0. The first-order valence-corrected chi connectivity index (χ1v) is 9.19. The molecule has 0 saturated carbocycles. The topological polar surface area (TPSA) is 58.2 Å². The Morgan fingerprint density at radius 1 is 1.28 bits per heavy atom. The van der Waals surface area contributed by atoms with E-state index in [4.69, 9.17) is 4.74 Å². The number of carbonyl (C=O) groups is 1. The molecule has 0 radical (unpaired) electrons. The number of hydrogen-bond acceptors (Lipinski definition) is 3. The normalized spacial score (nSPS) is 24.1. The van der Waals surface area contributed by atoms with Crippen molar-refractivity contribution < 1.29 is 13.9 Å². The van der Waals surface area contributed by atoms with Crippen LogP contribution in [0.2, 0.25) is 0 Å². The molecule has 1 amide bonds. The molecule has 25 heavy (non-hydrogen) atoms. The van der Waals surface area contributed by atoms with E-state index < -0.39 is 0 Å². The maximum Gasteiger partial charge on any atom is 0.223 e. The summed E-state index contributed by atoms with van der Waals surface area (Å²) in [6, 6.07) is 4.49. The lowest BCUT2D eigenvalue weighted by Crippen LogP contribution is -2.34. The maximum atomic E-state index is 13.2. The number of aryl methyl sites for hydroxylation is 1. The van der Waals surface area contributed by atoms with Gasteiger partial charge in [-0.15, -0.1) is 0 Å². The summed E-state index contributed by atoms with van der Waals surface area (Å²) in [5.74, 6) is 0.618. The minimum atomic E-state index is -0.286. The molecule has 1 N–H and O–H groups in total. The number of hydrogen-bond donors (Lipinski definition) is 1. The van der Waals surface area contributed by atoms with E-state index in [1.807, 2.05) is 4.90 Å². The van der Waals surface area contributed by atoms with E-state index in [1.165, 1.54) is 12.1 Å². The van der Waals surface area contributed by atoms with Gasteiger partial charge in [0.15, 0.2) is 0 Å². The first-order valence-electron chi connectivity index (χ1n) is 9.19. The molecule has 1 spiro atoms. The Bertz CT molecular complexity index is 767. The van der Waals surface area contributed by atoms with Crippen LogP contribution in [-0.4, -0.2) is 46.1 Å². The highest BCUT2D eigenvalue weighted by Gasteiger charge is 2.37. The summed E-state index contributed by atoms with van der Waals surface area (Å²) in [5, 5.41) is 0. The van der Waals surface area contributed by atoms with Gasteiger partial charge < -0.3 is 14.6 Å². The molecular weight excluding hydrogens is 321 g/mol. The molecule has 3 heterocycles. The van der Waals surface area contributed by atoms with Crippen LogP contribution < -0.4 is 0 Å². The number of likely N-dealkylation sites (tertiary alicyclic amines) is 1. The van der Waals surface area contributed by atoms with Gasteiger partial charge in [0.1, 0.15) is 11.6 Å². The Morgan fingerprint density at radius 2 is 2.16 bits per heavy atom. The number of H-pyrrole nitrogens is 1. The molecule has 0 unspecified atom stereocenters. The zero-order valence-corrected chi connectivity index (χ0v) is 14.4. The van der Waals surface area contributed by atoms with E-state index >= 15 is 0 Å². The third-order valence-electron chi connectivity index (χ3n) is 5.50. The van der Waals surface area contributed by atoms with E-state index in [0.717, 1.165) is 63.1 Å². The van der Waals surface area contributed by atoms with Crippen molar-refractivity contribution >= 4 is 16.9 Å². The van der Waals surface area contributed by atoms with Gasteiger partial charge in [-0.3, -0.25) is 4.79 Å². The molecule has 1 aromatic carbocycles. The summed E-state index contributed by atoms with van der Waals surface area (Å²) in [6.07, 6.45) is 6.26. The maximum absolute atomic E-state index is 13.2. The number of aromatic nitrogens is 2. The fraction of sp³-hybridized carbons (Fsp3) is 0.579. The Balaban J connectivity index is 1.35. The van der Waals surface area contributed by atoms with Crippen LogP contribution >= 0.6 is 0 Å². The number of ether oxygens (including phenoxy) is 1. The molecular formula is C19H24FN3O2. The van der Waals surface area contributed by atoms with Crippen molar-refractivity contribution in [3.05, 3.63) is 29.8 Å². The molecule has 0 bridgehead atoms. The predicted octanol–water partition coefficient (Wildman–Crippen LogP) is 3.20. The SMILES string of the molecule is O=C(CCc1nc2ccc(F)cc2[nH]1)N1CCC[C@]2(CCCO2)CC1. The standard InChI is InChI=1S/C19H24FN3O2/c20-14-3-4-15-16(13-14)22-17(21-15)5-6-18(24)23-10-1-7-19(9-11-23)8-2-12-25-19/h3-4,13H,1-2,5-12H2,(H,21,22)/t19-/m0/s1. The Labute approximate surface area is 146 Å². The highest BCUT2D eigenvalue weighted by atomic mass is 19.1. The number of nitrogens with one attached hydrogen (secondary N) is 1. The van der Waals surface area contributed by atoms with Crippen LogP contribution in [0.1, 0.15) is 44.3 Å². The van der Waals surface area contributed by atoms with Crippen molar-refractivity contribution in [2.24, 2.45) is 0 Å². The van der Waals surface area contributed by atoms with Gasteiger partial charge in [0.25, 0.3) is 0 Å². The summed E-state index contributed by atoms with van der Waals surface area (Å²) in [7, 11) is 0. The lowest BCUT2D eigenvalue weighted by molar-refractivity contribution is -0.131. The van der Waals surface area contributed by atoms with Crippen LogP contribution in [-0.2, 0) is 16.0 Å². The third kappa shape index (κ3) is 3.54. The molecule has 0 aliphatic carbocycles. The van der Waals surface area contributed by atoms with Crippen molar-refractivity contribution in [2.45, 2.75) is 50.5 Å². The fourth-order valence-corrected chi connectivity index (χ4v) is 4.10. The minimum absolute atomic E-state index is 0.0256. The molecule has 4 rings (SSSR count). The van der Waals surface area contributed by atoms with Gasteiger partial charge in [-0.05, 0) is 50.3 Å². The number of aromatic amines is 1. The molecule has 134 valence electrons. The first kappa shape index (κ1) is 16.5. The molecule has 2 aromatic rings. The van der Waals surface area contributed by atoms with Crippen LogP contribution in [0.3, 0.4) is 0 Å². The summed E-state index contributed by atoms with van der Waals surface area (Å²) < 4.78 is 19.2. The quantitative estimate of drug-likeness (QED) is 0.929. The molecule has 1 atom stereocenters. The molecule has 2 aliphatic heterocycles. The number of fused-ring (bicyclic) bond motifs is 1. The van der Waals surface area contributed by atoms with Crippen molar-refractivity contribution in [3.63, 3.8) is 0 Å². The summed E-state index contributed by atoms with van der Waals surface area (Å²) in [4.78, 5) is 22.1. The van der Waals surface area contributed by atoms with Crippen LogP contribution in [0, 0.1) is 5.82 Å². The van der Waals surface area contributed by atoms with Crippen molar-refractivity contribution in [3.8, 4) is 0 Å². The molecule has 2 saturated heterocycles. The van der Waals surface area contributed by atoms with E-state index in [9.17, 15) is 9.18 Å². The Kier molecular flexibility index (Phi) is 4.46. The molecule has 5 nitrogen and oxygen atoms in total. The second kappa shape index (κ2) is 6.75. The average molecular weight is 345 g/mol. The number of carbonyl (C=O) groups excluding carboxylic acids is 1. The third-order valence-corrected chi connectivity index (χ3v) is 5.50. The van der Waals surface area contributed by atoms with Gasteiger partial charge in [0, 0.05) is 32.5 Å². The van der Waals surface area contributed by atoms with Crippen LogP contribution in [0.15, 0.2) is 18.2 Å². The van der Waals surface area contributed by atoms with Gasteiger partial charge in [-0.2, -0.15) is 0 Å². The van der Waals surface area contributed by atoms with Gasteiger partial charge in [-0.25, -0.2) is 9.37 Å². The second-order valence-corrected chi connectivity index (χ2v) is 7.21. The molecule has 2 aliphatic rings. The average Bonchev–Trinajstić information content (AvgIpc) is 3.16. The van der Waals surface area contributed by atoms with Crippen molar-refractivity contribution in [1.82, 2.24) is 14.9 Å². The number of rotatable bonds is 3. The van der Waals surface area contributed by atoms with Crippen LogP contribution in [0.5, 0.6) is 0 Å². The first-order chi connectivity index (χ1) is 12.1. The zero-order chi connectivity index (χ0) is 17.3. The van der Waals surface area contributed by atoms with Crippen LogP contribution in [0.25, 0.3) is 11.0 Å². The smallest absolute Gasteiger partial charge is 0.223 e. The largest absolute Gasteiger partial charge is 0.375 e. The van der Waals surface area contributed by atoms with E-state index in [0.29, 0.717) is 18.4 Å². The minimum Gasteiger partial charge on any atom is -0.375 e. The van der Waals surface area contributed by atoms with E-state index in [1.54, 1.807) is 6.07 Å². The summed E-state index contributed by atoms with van der Waals surface area (Å²) in [5.41, 5.74) is 1.44. The Hall–Kier alpha value is -1.95. The monoisotopic (exact) mass is 345 g/mol. The molecule has 1 aromatic heterocycles. The van der Waals surface area contributed by atoms with E-state index in [-0.39, 0.29) is 17.3 Å². The number of nitrogens with zero attached hydrogens (tertiary/aromatic N) is 2. The number of amides is 1. The highest BCUT2D eigenvalue weighted by Crippen LogP contribution is 2.35. The lowest BCUT2D eigenvalue weighted by atomic mass is 9.92. The number of imidazole rings is 1. The number of halogens is 1. The molecule has 2 fully saturated rings. The van der Waals surface area contributed by atoms with Crippen LogP contribution in [0.4, 0.5) is 4.39 Å². The highest BCUT2D eigenvalue weighted by molar-refractivity contribution is 5.77.